The third-order valence-corrected chi connectivity index (χ3v) is 3.07. The summed E-state index contributed by atoms with van der Waals surface area (Å²) in [5.74, 6) is 0.390. The van der Waals surface area contributed by atoms with Crippen LogP contribution in [0.3, 0.4) is 0 Å². The van der Waals surface area contributed by atoms with E-state index < -0.39 is 6.04 Å². The van der Waals surface area contributed by atoms with Crippen LogP contribution in [0.5, 0.6) is 5.75 Å². The van der Waals surface area contributed by atoms with Crippen LogP contribution in [0, 0.1) is 0 Å². The third kappa shape index (κ3) is 2.26. The zero-order valence-corrected chi connectivity index (χ0v) is 10.7. The maximum absolute atomic E-state index is 11.9. The molecular weight excluding hydrogens is 232 g/mol. The van der Waals surface area contributed by atoms with Gasteiger partial charge in [-0.1, -0.05) is 0 Å². The van der Waals surface area contributed by atoms with Crippen molar-refractivity contribution in [2.45, 2.75) is 19.4 Å². The van der Waals surface area contributed by atoms with Gasteiger partial charge in [0.15, 0.2) is 0 Å². The number of carbonyl (C=O) groups is 1. The Bertz CT molecular complexity index is 460. The topological polar surface area (TPSA) is 73.6 Å². The minimum Gasteiger partial charge on any atom is -0.495 e. The second-order valence-corrected chi connectivity index (χ2v) is 4.18. The Hall–Kier alpha value is -1.75. The van der Waals surface area contributed by atoms with Gasteiger partial charge in [0.05, 0.1) is 19.4 Å². The van der Waals surface area contributed by atoms with Crippen LogP contribution >= 0.6 is 0 Å². The number of hydrogen-bond donors (Lipinski definition) is 2. The molecule has 1 heterocycles. The first-order valence-corrected chi connectivity index (χ1v) is 6.03. The number of rotatable bonds is 3. The van der Waals surface area contributed by atoms with Crippen LogP contribution in [-0.4, -0.2) is 26.2 Å². The summed E-state index contributed by atoms with van der Waals surface area (Å²) in [4.78, 5) is 11.9. The molecule has 0 bridgehead atoms. The highest BCUT2D eigenvalue weighted by atomic mass is 16.5. The van der Waals surface area contributed by atoms with Crippen molar-refractivity contribution in [3.05, 3.63) is 23.3 Å². The van der Waals surface area contributed by atoms with Crippen molar-refractivity contribution < 1.29 is 14.3 Å². The lowest BCUT2D eigenvalue weighted by atomic mass is 9.93. The SMILES string of the molecule is CCOC(=O)C1NCCc2cc(OC)c(N)cc21. The molecule has 98 valence electrons. The summed E-state index contributed by atoms with van der Waals surface area (Å²) < 4.78 is 10.3. The number of nitrogen functional groups attached to an aromatic ring is 1. The van der Waals surface area contributed by atoms with Gasteiger partial charge in [0.2, 0.25) is 0 Å². The minimum absolute atomic E-state index is 0.261. The van der Waals surface area contributed by atoms with Crippen LogP contribution in [-0.2, 0) is 16.0 Å². The smallest absolute Gasteiger partial charge is 0.327 e. The zero-order valence-electron chi connectivity index (χ0n) is 10.7. The van der Waals surface area contributed by atoms with Gasteiger partial charge in [0.1, 0.15) is 11.8 Å². The quantitative estimate of drug-likeness (QED) is 0.619. The molecule has 5 heteroatoms. The van der Waals surface area contributed by atoms with Crippen molar-refractivity contribution in [1.82, 2.24) is 5.32 Å². The van der Waals surface area contributed by atoms with E-state index in [4.69, 9.17) is 15.2 Å². The van der Waals surface area contributed by atoms with E-state index in [2.05, 4.69) is 5.32 Å². The number of anilines is 1. The highest BCUT2D eigenvalue weighted by molar-refractivity contribution is 5.79. The lowest BCUT2D eigenvalue weighted by molar-refractivity contribution is -0.146. The molecule has 1 aromatic carbocycles. The maximum Gasteiger partial charge on any atom is 0.327 e. The number of ether oxygens (including phenoxy) is 2. The summed E-state index contributed by atoms with van der Waals surface area (Å²) >= 11 is 0. The molecule has 0 saturated heterocycles. The van der Waals surface area contributed by atoms with Crippen LogP contribution in [0.1, 0.15) is 24.1 Å². The summed E-state index contributed by atoms with van der Waals surface area (Å²) in [5.41, 5.74) is 8.39. The predicted molar refractivity (Wildman–Crippen MR) is 68.5 cm³/mol. The molecule has 2 rings (SSSR count). The molecule has 0 aromatic heterocycles. The Labute approximate surface area is 106 Å². The molecule has 0 amide bonds. The molecule has 0 fully saturated rings. The molecule has 0 spiro atoms. The molecule has 5 nitrogen and oxygen atoms in total. The van der Waals surface area contributed by atoms with E-state index in [9.17, 15) is 4.79 Å². The van der Waals surface area contributed by atoms with E-state index in [1.807, 2.05) is 6.07 Å². The number of fused-ring (bicyclic) bond motifs is 1. The van der Waals surface area contributed by atoms with E-state index in [-0.39, 0.29) is 5.97 Å². The van der Waals surface area contributed by atoms with Crippen molar-refractivity contribution in [2.75, 3.05) is 26.0 Å². The van der Waals surface area contributed by atoms with E-state index in [0.717, 1.165) is 24.1 Å². The molecule has 0 aliphatic carbocycles. The Morgan fingerprint density at radius 3 is 3.00 bits per heavy atom. The predicted octanol–water partition coefficient (Wildman–Crippen LogP) is 1.03. The molecule has 18 heavy (non-hydrogen) atoms. The van der Waals surface area contributed by atoms with Crippen molar-refractivity contribution in [1.29, 1.82) is 0 Å². The summed E-state index contributed by atoms with van der Waals surface area (Å²) in [6, 6.07) is 3.27. The first-order valence-electron chi connectivity index (χ1n) is 6.03. The standard InChI is InChI=1S/C13H18N2O3/c1-3-18-13(16)12-9-7-10(14)11(17-2)6-8(9)4-5-15-12/h6-7,12,15H,3-5,14H2,1-2H3. The Kier molecular flexibility index (Phi) is 3.72. The lowest BCUT2D eigenvalue weighted by Crippen LogP contribution is -2.36. The van der Waals surface area contributed by atoms with Gasteiger partial charge in [0, 0.05) is 6.54 Å². The fourth-order valence-corrected chi connectivity index (χ4v) is 2.22. The van der Waals surface area contributed by atoms with Crippen molar-refractivity contribution in [3.8, 4) is 5.75 Å². The summed E-state index contributed by atoms with van der Waals surface area (Å²) in [6.45, 7) is 2.91. The van der Waals surface area contributed by atoms with E-state index >= 15 is 0 Å². The highest BCUT2D eigenvalue weighted by Crippen LogP contribution is 2.32. The second kappa shape index (κ2) is 5.27. The Balaban J connectivity index is 2.37. The van der Waals surface area contributed by atoms with E-state index in [1.54, 1.807) is 20.1 Å². The van der Waals surface area contributed by atoms with Gasteiger partial charge in [-0.05, 0) is 36.6 Å². The monoisotopic (exact) mass is 250 g/mol. The van der Waals surface area contributed by atoms with E-state index in [1.165, 1.54) is 0 Å². The average Bonchev–Trinajstić information content (AvgIpc) is 2.37. The van der Waals surface area contributed by atoms with Crippen molar-refractivity contribution in [2.24, 2.45) is 0 Å². The van der Waals surface area contributed by atoms with Crippen LogP contribution in [0.15, 0.2) is 12.1 Å². The average molecular weight is 250 g/mol. The molecule has 1 atom stereocenters. The summed E-state index contributed by atoms with van der Waals surface area (Å²) in [5, 5.41) is 3.15. The van der Waals surface area contributed by atoms with Crippen molar-refractivity contribution in [3.63, 3.8) is 0 Å². The Morgan fingerprint density at radius 2 is 2.33 bits per heavy atom. The maximum atomic E-state index is 11.9. The summed E-state index contributed by atoms with van der Waals surface area (Å²) in [7, 11) is 1.59. The zero-order chi connectivity index (χ0) is 13.1. The highest BCUT2D eigenvalue weighted by Gasteiger charge is 2.28. The molecule has 1 aliphatic rings. The fourth-order valence-electron chi connectivity index (χ4n) is 2.22. The number of nitrogens with one attached hydrogen (secondary N) is 1. The van der Waals surface area contributed by atoms with Gasteiger partial charge in [-0.2, -0.15) is 0 Å². The van der Waals surface area contributed by atoms with Gasteiger partial charge in [0.25, 0.3) is 0 Å². The summed E-state index contributed by atoms with van der Waals surface area (Å²) in [6.07, 6.45) is 0.849. The van der Waals surface area contributed by atoms with Gasteiger partial charge >= 0.3 is 5.97 Å². The first kappa shape index (κ1) is 12.7. The number of esters is 1. The molecule has 3 N–H and O–H groups in total. The van der Waals surface area contributed by atoms with Crippen LogP contribution in [0.4, 0.5) is 5.69 Å². The molecule has 0 saturated carbocycles. The fraction of sp³-hybridized carbons (Fsp3) is 0.462. The van der Waals surface area contributed by atoms with Gasteiger partial charge < -0.3 is 20.5 Å². The molecular formula is C13H18N2O3. The largest absolute Gasteiger partial charge is 0.495 e. The van der Waals surface area contributed by atoms with Crippen molar-refractivity contribution >= 4 is 11.7 Å². The lowest BCUT2D eigenvalue weighted by Gasteiger charge is -2.26. The number of hydrogen-bond acceptors (Lipinski definition) is 5. The number of nitrogens with two attached hydrogens (primary N) is 1. The van der Waals surface area contributed by atoms with Crippen LogP contribution in [0.2, 0.25) is 0 Å². The van der Waals surface area contributed by atoms with Gasteiger partial charge in [-0.25, -0.2) is 4.79 Å². The van der Waals surface area contributed by atoms with E-state index in [0.29, 0.717) is 18.0 Å². The van der Waals surface area contributed by atoms with Gasteiger partial charge in [-0.3, -0.25) is 0 Å². The number of carbonyl (C=O) groups excluding carboxylic acids is 1. The van der Waals surface area contributed by atoms with Crippen LogP contribution < -0.4 is 15.8 Å². The second-order valence-electron chi connectivity index (χ2n) is 4.18. The molecule has 1 aromatic rings. The Morgan fingerprint density at radius 1 is 1.56 bits per heavy atom. The van der Waals surface area contributed by atoms with Gasteiger partial charge in [-0.15, -0.1) is 0 Å². The first-order chi connectivity index (χ1) is 8.67. The third-order valence-electron chi connectivity index (χ3n) is 3.07. The van der Waals surface area contributed by atoms with Crippen LogP contribution in [0.25, 0.3) is 0 Å². The number of methoxy groups -OCH3 is 1. The number of benzene rings is 1. The molecule has 1 unspecified atom stereocenters. The molecule has 1 aliphatic heterocycles. The normalized spacial score (nSPS) is 18.0. The minimum atomic E-state index is -0.429. The molecule has 0 radical (unpaired) electrons.